The first-order valence-corrected chi connectivity index (χ1v) is 7.29. The molecule has 1 rings (SSSR count). The Morgan fingerprint density at radius 2 is 1.94 bits per heavy atom. The largest absolute Gasteiger partial charge is 0.313 e. The van der Waals surface area contributed by atoms with Crippen molar-refractivity contribution in [3.05, 3.63) is 29.8 Å². The highest BCUT2D eigenvalue weighted by Gasteiger charge is 2.10. The maximum absolute atomic E-state index is 11.3. The van der Waals surface area contributed by atoms with Crippen LogP contribution in [-0.2, 0) is 9.84 Å². The van der Waals surface area contributed by atoms with Crippen molar-refractivity contribution in [1.82, 2.24) is 5.32 Å². The normalized spacial score (nSPS) is 13.0. The molecular formula is C13H17NO2S. The Morgan fingerprint density at radius 1 is 1.35 bits per heavy atom. The van der Waals surface area contributed by atoms with Crippen molar-refractivity contribution >= 4 is 9.84 Å². The summed E-state index contributed by atoms with van der Waals surface area (Å²) in [6, 6.07) is 7.08. The summed E-state index contributed by atoms with van der Waals surface area (Å²) < 4.78 is 22.6. The molecule has 1 atom stereocenters. The van der Waals surface area contributed by atoms with Crippen LogP contribution in [0.5, 0.6) is 0 Å². The lowest BCUT2D eigenvalue weighted by Gasteiger charge is -2.15. The maximum atomic E-state index is 11.3. The van der Waals surface area contributed by atoms with Gasteiger partial charge in [-0.05, 0) is 31.2 Å². The van der Waals surface area contributed by atoms with Gasteiger partial charge in [-0.15, -0.1) is 12.3 Å². The van der Waals surface area contributed by atoms with Crippen molar-refractivity contribution in [2.75, 3.05) is 13.3 Å². The second kappa shape index (κ2) is 5.85. The second-order valence-electron chi connectivity index (χ2n) is 3.93. The highest BCUT2D eigenvalue weighted by atomic mass is 32.2. The minimum atomic E-state index is -3.12. The standard InChI is InChI=1S/C13H17NO2S/c1-4-5-6-13(14-2)11-7-9-12(10-8-11)17(3,15)16/h1,7-10,13-14H,5-6H2,2-3H3. The fourth-order valence-electron chi connectivity index (χ4n) is 1.65. The van der Waals surface area contributed by atoms with E-state index >= 15 is 0 Å². The van der Waals surface area contributed by atoms with Gasteiger partial charge in [0, 0.05) is 18.7 Å². The van der Waals surface area contributed by atoms with Gasteiger partial charge in [0.05, 0.1) is 4.90 Å². The van der Waals surface area contributed by atoms with Gasteiger partial charge in [0.15, 0.2) is 9.84 Å². The Labute approximate surface area is 103 Å². The summed E-state index contributed by atoms with van der Waals surface area (Å²) >= 11 is 0. The van der Waals surface area contributed by atoms with Gasteiger partial charge in [0.2, 0.25) is 0 Å². The van der Waals surface area contributed by atoms with E-state index in [4.69, 9.17) is 6.42 Å². The van der Waals surface area contributed by atoms with E-state index in [0.29, 0.717) is 11.3 Å². The minimum absolute atomic E-state index is 0.166. The molecule has 0 aliphatic rings. The van der Waals surface area contributed by atoms with Gasteiger partial charge in [0.1, 0.15) is 0 Å². The summed E-state index contributed by atoms with van der Waals surface area (Å²) in [5.41, 5.74) is 1.05. The van der Waals surface area contributed by atoms with E-state index in [0.717, 1.165) is 12.0 Å². The van der Waals surface area contributed by atoms with Gasteiger partial charge in [0.25, 0.3) is 0 Å². The Morgan fingerprint density at radius 3 is 2.35 bits per heavy atom. The molecule has 0 heterocycles. The second-order valence-corrected chi connectivity index (χ2v) is 5.94. The molecule has 0 aliphatic heterocycles. The summed E-state index contributed by atoms with van der Waals surface area (Å²) in [7, 11) is -1.25. The number of hydrogen-bond acceptors (Lipinski definition) is 3. The Bertz CT molecular complexity index is 497. The summed E-state index contributed by atoms with van der Waals surface area (Å²) in [5.74, 6) is 2.60. The lowest BCUT2D eigenvalue weighted by molar-refractivity contribution is 0.558. The molecule has 3 nitrogen and oxygen atoms in total. The molecule has 4 heteroatoms. The van der Waals surface area contributed by atoms with Gasteiger partial charge in [-0.2, -0.15) is 0 Å². The van der Waals surface area contributed by atoms with Gasteiger partial charge < -0.3 is 5.32 Å². The third kappa shape index (κ3) is 3.88. The van der Waals surface area contributed by atoms with Crippen molar-refractivity contribution < 1.29 is 8.42 Å². The van der Waals surface area contributed by atoms with E-state index < -0.39 is 9.84 Å². The van der Waals surface area contributed by atoms with Crippen LogP contribution in [-0.4, -0.2) is 21.7 Å². The third-order valence-electron chi connectivity index (χ3n) is 2.64. The Balaban J connectivity index is 2.90. The smallest absolute Gasteiger partial charge is 0.175 e. The summed E-state index contributed by atoms with van der Waals surface area (Å²) in [6.45, 7) is 0. The van der Waals surface area contributed by atoms with Crippen molar-refractivity contribution in [1.29, 1.82) is 0 Å². The first-order chi connectivity index (χ1) is 7.99. The molecule has 1 aromatic carbocycles. The quantitative estimate of drug-likeness (QED) is 0.811. The molecule has 0 aliphatic carbocycles. The van der Waals surface area contributed by atoms with Crippen molar-refractivity contribution in [2.45, 2.75) is 23.8 Å². The monoisotopic (exact) mass is 251 g/mol. The first kappa shape index (κ1) is 13.8. The Kier molecular flexibility index (Phi) is 4.73. The SMILES string of the molecule is C#CCCC(NC)c1ccc(S(C)(=O)=O)cc1. The molecule has 0 spiro atoms. The molecule has 0 saturated carbocycles. The van der Waals surface area contributed by atoms with Crippen LogP contribution in [0.25, 0.3) is 0 Å². The highest BCUT2D eigenvalue weighted by molar-refractivity contribution is 7.90. The summed E-state index contributed by atoms with van der Waals surface area (Å²) in [6.07, 6.45) is 7.97. The molecule has 0 radical (unpaired) electrons. The van der Waals surface area contributed by atoms with Gasteiger partial charge >= 0.3 is 0 Å². The summed E-state index contributed by atoms with van der Waals surface area (Å²) in [4.78, 5) is 0.341. The number of rotatable bonds is 5. The zero-order valence-electron chi connectivity index (χ0n) is 10.1. The van der Waals surface area contributed by atoms with Crippen LogP contribution in [0.3, 0.4) is 0 Å². The molecule has 1 unspecified atom stereocenters. The van der Waals surface area contributed by atoms with E-state index in [1.165, 1.54) is 6.26 Å². The fraction of sp³-hybridized carbons (Fsp3) is 0.385. The van der Waals surface area contributed by atoms with E-state index in [1.807, 2.05) is 19.2 Å². The minimum Gasteiger partial charge on any atom is -0.313 e. The molecule has 0 amide bonds. The number of terminal acetylenes is 1. The van der Waals surface area contributed by atoms with Crippen LogP contribution < -0.4 is 5.32 Å². The van der Waals surface area contributed by atoms with Crippen LogP contribution in [0.4, 0.5) is 0 Å². The third-order valence-corrected chi connectivity index (χ3v) is 3.76. The van der Waals surface area contributed by atoms with E-state index in [-0.39, 0.29) is 6.04 Å². The van der Waals surface area contributed by atoms with Crippen LogP contribution in [0.2, 0.25) is 0 Å². The lowest BCUT2D eigenvalue weighted by Crippen LogP contribution is -2.16. The molecule has 1 aromatic rings. The Hall–Kier alpha value is -1.31. The lowest BCUT2D eigenvalue weighted by atomic mass is 10.0. The van der Waals surface area contributed by atoms with Crippen molar-refractivity contribution in [3.63, 3.8) is 0 Å². The van der Waals surface area contributed by atoms with Crippen LogP contribution >= 0.6 is 0 Å². The molecule has 1 N–H and O–H groups in total. The first-order valence-electron chi connectivity index (χ1n) is 5.39. The topological polar surface area (TPSA) is 46.2 Å². The molecule has 92 valence electrons. The van der Waals surface area contributed by atoms with Gasteiger partial charge in [-0.25, -0.2) is 8.42 Å². The van der Waals surface area contributed by atoms with Crippen molar-refractivity contribution in [3.8, 4) is 12.3 Å². The predicted octanol–water partition coefficient (Wildman–Crippen LogP) is 1.76. The molecule has 0 bridgehead atoms. The van der Waals surface area contributed by atoms with Crippen LogP contribution in [0.1, 0.15) is 24.4 Å². The van der Waals surface area contributed by atoms with E-state index in [9.17, 15) is 8.42 Å². The highest BCUT2D eigenvalue weighted by Crippen LogP contribution is 2.19. The number of sulfone groups is 1. The fourth-order valence-corrected chi connectivity index (χ4v) is 2.28. The van der Waals surface area contributed by atoms with Gasteiger partial charge in [-0.1, -0.05) is 12.1 Å². The predicted molar refractivity (Wildman–Crippen MR) is 69.4 cm³/mol. The van der Waals surface area contributed by atoms with Crippen molar-refractivity contribution in [2.24, 2.45) is 0 Å². The average Bonchev–Trinajstić information content (AvgIpc) is 2.29. The number of benzene rings is 1. The molecule has 17 heavy (non-hydrogen) atoms. The van der Waals surface area contributed by atoms with Crippen LogP contribution in [0, 0.1) is 12.3 Å². The summed E-state index contributed by atoms with van der Waals surface area (Å²) in [5, 5.41) is 3.17. The molecule has 0 saturated heterocycles. The number of nitrogens with one attached hydrogen (secondary N) is 1. The maximum Gasteiger partial charge on any atom is 0.175 e. The average molecular weight is 251 g/mol. The van der Waals surface area contributed by atoms with Gasteiger partial charge in [-0.3, -0.25) is 0 Å². The van der Waals surface area contributed by atoms with Crippen LogP contribution in [0.15, 0.2) is 29.2 Å². The van der Waals surface area contributed by atoms with E-state index in [2.05, 4.69) is 11.2 Å². The molecular weight excluding hydrogens is 234 g/mol. The zero-order valence-corrected chi connectivity index (χ0v) is 10.9. The zero-order chi connectivity index (χ0) is 12.9. The molecule has 0 aromatic heterocycles. The molecule has 0 fully saturated rings. The number of hydrogen-bond donors (Lipinski definition) is 1. The van der Waals surface area contributed by atoms with E-state index in [1.54, 1.807) is 12.1 Å².